The average molecular weight is 142 g/mol. The monoisotopic (exact) mass is 142 g/mol. The smallest absolute Gasteiger partial charge is 0.0966 e. The molecule has 5 heavy (non-hydrogen) atoms. The first-order chi connectivity index (χ1) is 2.31. The van der Waals surface area contributed by atoms with Crippen LogP contribution in [0.3, 0.4) is 0 Å². The van der Waals surface area contributed by atoms with Gasteiger partial charge in [-0.1, -0.05) is 39.4 Å². The molecule has 0 amide bonds. The minimum absolute atomic E-state index is 0.556. The van der Waals surface area contributed by atoms with Crippen molar-refractivity contribution in [1.82, 2.24) is 0 Å². The van der Waals surface area contributed by atoms with Crippen molar-refractivity contribution in [3.05, 3.63) is 0 Å². The van der Waals surface area contributed by atoms with E-state index < -0.39 is 6.65 Å². The highest BCUT2D eigenvalue weighted by Gasteiger charge is 2.60. The number of rotatable bonds is 0. The fraction of sp³-hybridized carbons (Fsp3) is 1.00. The van der Waals surface area contributed by atoms with Crippen LogP contribution in [0.4, 0.5) is 0 Å². The molecule has 2 rings (SSSR count). The van der Waals surface area contributed by atoms with Gasteiger partial charge in [-0.2, -0.15) is 0 Å². The maximum atomic E-state index is 5.05. The molecular formula is CH2S4. The first-order valence-corrected chi connectivity index (χ1v) is 7.12. The molecule has 0 aliphatic carbocycles. The molecule has 0 nitrogen and oxygen atoms in total. The Morgan fingerprint density at radius 2 is 1.80 bits per heavy atom. The zero-order valence-corrected chi connectivity index (χ0v) is 5.59. The van der Waals surface area contributed by atoms with Crippen LogP contribution in [0.15, 0.2) is 0 Å². The Bertz CT molecular complexity index is 105. The van der Waals surface area contributed by atoms with Gasteiger partial charge in [0.05, 0.1) is 0 Å². The van der Waals surface area contributed by atoms with E-state index in [1.807, 2.05) is 21.6 Å². The zero-order valence-electron chi connectivity index (χ0n) is 2.25. The Hall–Kier alpha value is 1.27. The highest BCUT2D eigenvalue weighted by Crippen LogP contribution is 2.83. The fourth-order valence-electron chi connectivity index (χ4n) is 0.205. The molecule has 0 aromatic carbocycles. The van der Waals surface area contributed by atoms with E-state index in [0.717, 1.165) is 3.91 Å². The Kier molecular flexibility index (Phi) is 0.421. The van der Waals surface area contributed by atoms with Gasteiger partial charge in [0.1, 0.15) is 3.91 Å². The molecule has 0 saturated carbocycles. The molecule has 30 valence electrons. The van der Waals surface area contributed by atoms with Crippen LogP contribution in [-0.2, 0) is 17.8 Å². The molecule has 0 atom stereocenters. The summed E-state index contributed by atoms with van der Waals surface area (Å²) in [5.74, 6) is 0. The van der Waals surface area contributed by atoms with Crippen molar-refractivity contribution >= 4 is 39.4 Å². The average Bonchev–Trinajstić information content (AvgIpc) is 1.74. The largest absolute Gasteiger partial charge is 0.118 e. The van der Waals surface area contributed by atoms with Crippen LogP contribution in [0.2, 0.25) is 0 Å². The van der Waals surface area contributed by atoms with Gasteiger partial charge in [-0.3, -0.25) is 0 Å². The molecular weight excluding hydrogens is 140 g/mol. The van der Waals surface area contributed by atoms with Gasteiger partial charge in [-0.25, -0.2) is 0 Å². The summed E-state index contributed by atoms with van der Waals surface area (Å²) in [5, 5.41) is 0. The predicted molar refractivity (Wildman–Crippen MR) is 35.1 cm³/mol. The number of thiol groups is 1. The lowest BCUT2D eigenvalue weighted by molar-refractivity contribution is 2.27. The Balaban J connectivity index is 2.70. The summed E-state index contributed by atoms with van der Waals surface area (Å²) in [6, 6.07) is 0. The molecule has 0 aromatic heterocycles. The fourth-order valence-corrected chi connectivity index (χ4v) is 11.6. The van der Waals surface area contributed by atoms with E-state index in [1.54, 1.807) is 0 Å². The SMILES string of the molecule is S=[SH]12SC1S2. The van der Waals surface area contributed by atoms with Crippen molar-refractivity contribution in [3.63, 3.8) is 0 Å². The molecule has 0 unspecified atom stereocenters. The third kappa shape index (κ3) is 0.320. The second-order valence-corrected chi connectivity index (χ2v) is 13.5. The van der Waals surface area contributed by atoms with E-state index in [4.69, 9.17) is 11.2 Å². The Labute approximate surface area is 43.4 Å². The van der Waals surface area contributed by atoms with Gasteiger partial charge in [-0.05, 0) is 0 Å². The van der Waals surface area contributed by atoms with Crippen LogP contribution in [0.25, 0.3) is 0 Å². The van der Waals surface area contributed by atoms with Crippen molar-refractivity contribution in [3.8, 4) is 0 Å². The summed E-state index contributed by atoms with van der Waals surface area (Å²) in [4.78, 5) is 0. The third-order valence-electron chi connectivity index (χ3n) is 0.641. The molecule has 2 heterocycles. The van der Waals surface area contributed by atoms with Crippen LogP contribution in [0.1, 0.15) is 0 Å². The molecule has 2 aliphatic heterocycles. The maximum absolute atomic E-state index is 5.05. The van der Waals surface area contributed by atoms with Gasteiger partial charge < -0.3 is 0 Å². The van der Waals surface area contributed by atoms with Crippen molar-refractivity contribution in [1.29, 1.82) is 0 Å². The van der Waals surface area contributed by atoms with Crippen LogP contribution < -0.4 is 0 Å². The minimum atomic E-state index is -0.556. The van der Waals surface area contributed by atoms with Crippen LogP contribution in [0.5, 0.6) is 0 Å². The van der Waals surface area contributed by atoms with E-state index in [1.165, 1.54) is 0 Å². The number of hydrogen-bond donors (Lipinski definition) is 1. The zero-order chi connectivity index (χ0) is 3.49. The van der Waals surface area contributed by atoms with Crippen molar-refractivity contribution in [2.75, 3.05) is 0 Å². The summed E-state index contributed by atoms with van der Waals surface area (Å²) in [5.41, 5.74) is 0. The van der Waals surface area contributed by atoms with E-state index in [2.05, 4.69) is 0 Å². The molecule has 2 aliphatic rings. The molecule has 0 spiro atoms. The molecule has 0 aromatic rings. The molecule has 2 saturated heterocycles. The Morgan fingerprint density at radius 1 is 1.60 bits per heavy atom. The van der Waals surface area contributed by atoms with Gasteiger partial charge in [0.15, 0.2) is 0 Å². The lowest BCUT2D eigenvalue weighted by atomic mass is 11.9. The lowest BCUT2D eigenvalue weighted by Crippen LogP contribution is -1.36. The minimum Gasteiger partial charge on any atom is -0.0966 e. The first-order valence-electron chi connectivity index (χ1n) is 1.28. The van der Waals surface area contributed by atoms with Crippen LogP contribution in [0, 0.1) is 0 Å². The molecule has 4 heteroatoms. The van der Waals surface area contributed by atoms with Crippen molar-refractivity contribution in [2.45, 2.75) is 3.91 Å². The van der Waals surface area contributed by atoms with Crippen LogP contribution in [-0.4, -0.2) is 3.91 Å². The van der Waals surface area contributed by atoms with E-state index in [-0.39, 0.29) is 0 Å². The molecule has 0 radical (unpaired) electrons. The summed E-state index contributed by atoms with van der Waals surface area (Å²) in [7, 11) is 4.02. The second-order valence-electron chi connectivity index (χ2n) is 1.06. The highest BCUT2D eigenvalue weighted by molar-refractivity contribution is 9.45. The van der Waals surface area contributed by atoms with Gasteiger partial charge in [0.25, 0.3) is 0 Å². The number of fused-ring (bicyclic) bond motifs is 1. The van der Waals surface area contributed by atoms with Crippen molar-refractivity contribution in [2.24, 2.45) is 0 Å². The van der Waals surface area contributed by atoms with Gasteiger partial charge in [-0.15, -0.1) is 0 Å². The summed E-state index contributed by atoms with van der Waals surface area (Å²) in [6.45, 7) is -0.556. The highest BCUT2D eigenvalue weighted by atomic mass is 33.8. The lowest BCUT2D eigenvalue weighted by Gasteiger charge is -1.71. The van der Waals surface area contributed by atoms with Gasteiger partial charge >= 0.3 is 0 Å². The molecule has 0 bridgehead atoms. The van der Waals surface area contributed by atoms with Crippen LogP contribution >= 0.6 is 21.6 Å². The standard InChI is InChI=1S/CH2S4/c2-5-1(3-5)4-5/h1,5H. The molecule has 0 N–H and O–H groups in total. The summed E-state index contributed by atoms with van der Waals surface area (Å²) >= 11 is 5.05. The first kappa shape index (κ1) is 3.29. The third-order valence-corrected chi connectivity index (χ3v) is 13.5. The number of hydrogen-bond acceptors (Lipinski definition) is 3. The quantitative estimate of drug-likeness (QED) is 0.304. The van der Waals surface area contributed by atoms with E-state index in [9.17, 15) is 0 Å². The second kappa shape index (κ2) is 0.638. The summed E-state index contributed by atoms with van der Waals surface area (Å²) in [6.07, 6.45) is 0. The summed E-state index contributed by atoms with van der Waals surface area (Å²) < 4.78 is 0.956. The predicted octanol–water partition coefficient (Wildman–Crippen LogP) is 0.942. The van der Waals surface area contributed by atoms with E-state index >= 15 is 0 Å². The Morgan fingerprint density at radius 3 is 1.80 bits per heavy atom. The molecule has 2 fully saturated rings. The van der Waals surface area contributed by atoms with E-state index in [0.29, 0.717) is 0 Å². The van der Waals surface area contributed by atoms with Gasteiger partial charge in [0, 0.05) is 0 Å². The maximum Gasteiger partial charge on any atom is 0.118 e. The normalized spacial score (nSPS) is 57.2. The topological polar surface area (TPSA) is 0 Å². The van der Waals surface area contributed by atoms with Crippen molar-refractivity contribution < 1.29 is 0 Å². The van der Waals surface area contributed by atoms with Gasteiger partial charge in [0.2, 0.25) is 0 Å².